The molecule has 2 aromatic rings. The number of amides is 1. The van der Waals surface area contributed by atoms with Gasteiger partial charge < -0.3 is 4.90 Å². The second kappa shape index (κ2) is 6.39. The Morgan fingerprint density at radius 2 is 2.12 bits per heavy atom. The third-order valence-electron chi connectivity index (χ3n) is 4.30. The van der Waals surface area contributed by atoms with E-state index in [-0.39, 0.29) is 16.8 Å². The average molecular weight is 347 g/mol. The summed E-state index contributed by atoms with van der Waals surface area (Å²) < 4.78 is 25.3. The molecule has 2 heterocycles. The van der Waals surface area contributed by atoms with Gasteiger partial charge in [-0.2, -0.15) is 5.10 Å². The first-order chi connectivity index (χ1) is 11.3. The quantitative estimate of drug-likeness (QED) is 0.852. The predicted molar refractivity (Wildman–Crippen MR) is 90.7 cm³/mol. The zero-order valence-electron chi connectivity index (χ0n) is 13.8. The molecule has 6 nitrogen and oxygen atoms in total. The summed E-state index contributed by atoms with van der Waals surface area (Å²) in [6.45, 7) is 3.26. The predicted octanol–water partition coefficient (Wildman–Crippen LogP) is 2.07. The standard InChI is InChI=1S/C17H21N3O3S/c1-13-10-18-20(11-13)15-6-4-8-19(12-15)17(21)14-5-3-7-16(9-14)24(2,22)23/h3,5,7,9-11,15H,4,6,8,12H2,1-2H3. The summed E-state index contributed by atoms with van der Waals surface area (Å²) in [6.07, 6.45) is 6.84. The molecule has 0 saturated carbocycles. The van der Waals surface area contributed by atoms with Crippen molar-refractivity contribution in [2.24, 2.45) is 0 Å². The Hall–Kier alpha value is -2.15. The number of benzene rings is 1. The Balaban J connectivity index is 1.80. The van der Waals surface area contributed by atoms with E-state index in [1.165, 1.54) is 12.1 Å². The van der Waals surface area contributed by atoms with Gasteiger partial charge in [-0.3, -0.25) is 9.48 Å². The van der Waals surface area contributed by atoms with E-state index in [0.29, 0.717) is 18.7 Å². The van der Waals surface area contributed by atoms with Gasteiger partial charge in [0.25, 0.3) is 5.91 Å². The number of carbonyl (C=O) groups excluding carboxylic acids is 1. The van der Waals surface area contributed by atoms with Crippen molar-refractivity contribution in [3.05, 3.63) is 47.8 Å². The van der Waals surface area contributed by atoms with Gasteiger partial charge in [-0.1, -0.05) is 6.07 Å². The maximum atomic E-state index is 12.8. The van der Waals surface area contributed by atoms with Crippen LogP contribution in [0.1, 0.15) is 34.8 Å². The van der Waals surface area contributed by atoms with Crippen molar-refractivity contribution < 1.29 is 13.2 Å². The van der Waals surface area contributed by atoms with Crippen LogP contribution in [0.4, 0.5) is 0 Å². The fourth-order valence-electron chi connectivity index (χ4n) is 3.03. The SMILES string of the molecule is Cc1cnn(C2CCCN(C(=O)c3cccc(S(C)(=O)=O)c3)C2)c1. The van der Waals surface area contributed by atoms with Gasteiger partial charge in [0.2, 0.25) is 0 Å². The summed E-state index contributed by atoms with van der Waals surface area (Å²) in [5.41, 5.74) is 1.51. The highest BCUT2D eigenvalue weighted by Gasteiger charge is 2.26. The molecule has 0 radical (unpaired) electrons. The van der Waals surface area contributed by atoms with Gasteiger partial charge in [-0.25, -0.2) is 8.42 Å². The number of sulfone groups is 1. The molecule has 0 bridgehead atoms. The summed E-state index contributed by atoms with van der Waals surface area (Å²) in [7, 11) is -3.33. The maximum Gasteiger partial charge on any atom is 0.253 e. The van der Waals surface area contributed by atoms with E-state index in [2.05, 4.69) is 5.10 Å². The Morgan fingerprint density at radius 1 is 1.33 bits per heavy atom. The largest absolute Gasteiger partial charge is 0.337 e. The van der Waals surface area contributed by atoms with Crippen LogP contribution in [0, 0.1) is 6.92 Å². The average Bonchev–Trinajstić information content (AvgIpc) is 3.00. The van der Waals surface area contributed by atoms with Crippen molar-refractivity contribution in [1.82, 2.24) is 14.7 Å². The molecule has 1 aliphatic rings. The number of carbonyl (C=O) groups is 1. The highest BCUT2D eigenvalue weighted by Crippen LogP contribution is 2.23. The lowest BCUT2D eigenvalue weighted by atomic mass is 10.0. The number of likely N-dealkylation sites (tertiary alicyclic amines) is 1. The van der Waals surface area contributed by atoms with Gasteiger partial charge in [0, 0.05) is 31.1 Å². The number of rotatable bonds is 3. The monoisotopic (exact) mass is 347 g/mol. The Bertz CT molecular complexity index is 857. The normalized spacial score (nSPS) is 18.6. The molecule has 1 atom stereocenters. The summed E-state index contributed by atoms with van der Waals surface area (Å²) in [5.74, 6) is -0.130. The van der Waals surface area contributed by atoms with E-state index in [1.807, 2.05) is 24.0 Å². The third kappa shape index (κ3) is 3.51. The number of piperidine rings is 1. The Morgan fingerprint density at radius 3 is 2.79 bits per heavy atom. The molecular formula is C17H21N3O3S. The number of nitrogens with zero attached hydrogens (tertiary/aromatic N) is 3. The molecule has 1 fully saturated rings. The van der Waals surface area contributed by atoms with Crippen LogP contribution in [0.15, 0.2) is 41.6 Å². The van der Waals surface area contributed by atoms with E-state index < -0.39 is 9.84 Å². The van der Waals surface area contributed by atoms with Crippen LogP contribution < -0.4 is 0 Å². The number of aryl methyl sites for hydroxylation is 1. The minimum atomic E-state index is -3.33. The summed E-state index contributed by atoms with van der Waals surface area (Å²) in [5, 5.41) is 4.35. The highest BCUT2D eigenvalue weighted by molar-refractivity contribution is 7.90. The molecule has 0 spiro atoms. The van der Waals surface area contributed by atoms with Crippen molar-refractivity contribution in [3.63, 3.8) is 0 Å². The van der Waals surface area contributed by atoms with Crippen LogP contribution in [-0.4, -0.2) is 48.4 Å². The molecule has 7 heteroatoms. The van der Waals surface area contributed by atoms with Crippen molar-refractivity contribution >= 4 is 15.7 Å². The summed E-state index contributed by atoms with van der Waals surface area (Å²) >= 11 is 0. The lowest BCUT2D eigenvalue weighted by Gasteiger charge is -2.33. The fourth-order valence-corrected chi connectivity index (χ4v) is 3.70. The van der Waals surface area contributed by atoms with Gasteiger partial charge in [-0.15, -0.1) is 0 Å². The van der Waals surface area contributed by atoms with Crippen molar-refractivity contribution in [3.8, 4) is 0 Å². The van der Waals surface area contributed by atoms with Gasteiger partial charge in [-0.05, 0) is 43.5 Å². The second-order valence-corrected chi connectivity index (χ2v) is 8.36. The topological polar surface area (TPSA) is 72.3 Å². The minimum absolute atomic E-state index is 0.130. The zero-order valence-corrected chi connectivity index (χ0v) is 14.7. The molecule has 1 saturated heterocycles. The van der Waals surface area contributed by atoms with Crippen molar-refractivity contribution in [1.29, 1.82) is 0 Å². The second-order valence-electron chi connectivity index (χ2n) is 6.34. The lowest BCUT2D eigenvalue weighted by molar-refractivity contribution is 0.0672. The molecule has 1 unspecified atom stereocenters. The Labute approximate surface area is 142 Å². The van der Waals surface area contributed by atoms with E-state index in [4.69, 9.17) is 0 Å². The van der Waals surface area contributed by atoms with Crippen LogP contribution in [0.3, 0.4) is 0 Å². The van der Waals surface area contributed by atoms with Crippen LogP contribution in [-0.2, 0) is 9.84 Å². The molecule has 1 aromatic heterocycles. The summed E-state index contributed by atoms with van der Waals surface area (Å²) in [4.78, 5) is 14.7. The van der Waals surface area contributed by atoms with Gasteiger partial charge in [0.15, 0.2) is 9.84 Å². The van der Waals surface area contributed by atoms with Crippen molar-refractivity contribution in [2.75, 3.05) is 19.3 Å². The molecule has 1 aliphatic heterocycles. The first kappa shape index (κ1) is 16.7. The number of hydrogen-bond acceptors (Lipinski definition) is 4. The molecule has 128 valence electrons. The molecule has 0 aliphatic carbocycles. The maximum absolute atomic E-state index is 12.8. The summed E-state index contributed by atoms with van der Waals surface area (Å²) in [6, 6.07) is 6.41. The van der Waals surface area contributed by atoms with Gasteiger partial charge in [0.1, 0.15) is 0 Å². The Kier molecular flexibility index (Phi) is 4.45. The zero-order chi connectivity index (χ0) is 17.3. The van der Waals surface area contributed by atoms with Crippen LogP contribution in [0.2, 0.25) is 0 Å². The molecule has 3 rings (SSSR count). The van der Waals surface area contributed by atoms with Crippen LogP contribution in [0.25, 0.3) is 0 Å². The molecule has 0 N–H and O–H groups in total. The lowest BCUT2D eigenvalue weighted by Crippen LogP contribution is -2.40. The molecule has 1 amide bonds. The van der Waals surface area contributed by atoms with Crippen molar-refractivity contribution in [2.45, 2.75) is 30.7 Å². The number of aromatic nitrogens is 2. The van der Waals surface area contributed by atoms with Gasteiger partial charge >= 0.3 is 0 Å². The number of hydrogen-bond donors (Lipinski definition) is 0. The smallest absolute Gasteiger partial charge is 0.253 e. The van der Waals surface area contributed by atoms with E-state index in [1.54, 1.807) is 17.0 Å². The molecule has 24 heavy (non-hydrogen) atoms. The first-order valence-electron chi connectivity index (χ1n) is 7.95. The van der Waals surface area contributed by atoms with E-state index in [0.717, 1.165) is 24.7 Å². The van der Waals surface area contributed by atoms with Gasteiger partial charge in [0.05, 0.1) is 17.1 Å². The highest BCUT2D eigenvalue weighted by atomic mass is 32.2. The van der Waals surface area contributed by atoms with Crippen LogP contribution in [0.5, 0.6) is 0 Å². The minimum Gasteiger partial charge on any atom is -0.337 e. The third-order valence-corrected chi connectivity index (χ3v) is 5.41. The molecular weight excluding hydrogens is 326 g/mol. The fraction of sp³-hybridized carbons (Fsp3) is 0.412. The first-order valence-corrected chi connectivity index (χ1v) is 9.84. The van der Waals surface area contributed by atoms with E-state index >= 15 is 0 Å². The van der Waals surface area contributed by atoms with Crippen LogP contribution >= 0.6 is 0 Å². The van der Waals surface area contributed by atoms with E-state index in [9.17, 15) is 13.2 Å². The molecule has 1 aromatic carbocycles.